The Morgan fingerprint density at radius 3 is 2.36 bits per heavy atom. The van der Waals surface area contributed by atoms with Crippen molar-refractivity contribution in [3.63, 3.8) is 0 Å². The predicted molar refractivity (Wildman–Crippen MR) is 101 cm³/mol. The summed E-state index contributed by atoms with van der Waals surface area (Å²) < 4.78 is 0. The van der Waals surface area contributed by atoms with Crippen LogP contribution in [0.15, 0.2) is 53.6 Å². The van der Waals surface area contributed by atoms with E-state index < -0.39 is 0 Å². The molecule has 0 fully saturated rings. The maximum Gasteiger partial charge on any atom is 0.240 e. The normalized spacial score (nSPS) is 11.0. The first-order valence-electron chi connectivity index (χ1n) is 7.69. The summed E-state index contributed by atoms with van der Waals surface area (Å²) in [5.74, 6) is -0.633. The Hall–Kier alpha value is -2.86. The molecule has 0 aromatic heterocycles. The number of nitrogens with zero attached hydrogens (tertiary/aromatic N) is 1. The first-order valence-corrected chi connectivity index (χ1v) is 8.07. The molecule has 25 heavy (non-hydrogen) atoms. The summed E-state index contributed by atoms with van der Waals surface area (Å²) in [4.78, 5) is 23.7. The highest BCUT2D eigenvalue weighted by atomic mass is 35.5. The molecule has 0 aliphatic rings. The summed E-state index contributed by atoms with van der Waals surface area (Å²) in [5.41, 5.74) is 10.7. The van der Waals surface area contributed by atoms with Crippen molar-refractivity contribution >= 4 is 40.5 Å². The Balaban J connectivity index is 1.80. The van der Waals surface area contributed by atoms with Gasteiger partial charge in [-0.1, -0.05) is 35.9 Å². The third kappa shape index (κ3) is 5.93. The molecule has 0 aliphatic heterocycles. The van der Waals surface area contributed by atoms with Gasteiger partial charge in [-0.05, 0) is 36.8 Å². The minimum absolute atomic E-state index is 0.0226. The van der Waals surface area contributed by atoms with Crippen LogP contribution < -0.4 is 16.5 Å². The molecule has 7 heteroatoms. The number of nitrogens with one attached hydrogen (secondary N) is 2. The fourth-order valence-corrected chi connectivity index (χ4v) is 2.18. The summed E-state index contributed by atoms with van der Waals surface area (Å²) >= 11 is 5.96. The summed E-state index contributed by atoms with van der Waals surface area (Å²) in [6.07, 6.45) is 0.0578. The molecule has 6 nitrogen and oxygen atoms in total. The van der Waals surface area contributed by atoms with Gasteiger partial charge in [0.05, 0.1) is 16.4 Å². The van der Waals surface area contributed by atoms with Gasteiger partial charge in [0.15, 0.2) is 0 Å². The highest BCUT2D eigenvalue weighted by Gasteiger charge is 2.08. The molecule has 0 saturated heterocycles. The van der Waals surface area contributed by atoms with Crippen LogP contribution in [0.25, 0.3) is 0 Å². The number of anilines is 2. The van der Waals surface area contributed by atoms with Crippen LogP contribution in [0.1, 0.15) is 25.3 Å². The lowest BCUT2D eigenvalue weighted by molar-refractivity contribution is -0.124. The lowest BCUT2D eigenvalue weighted by Crippen LogP contribution is -2.21. The van der Waals surface area contributed by atoms with Crippen LogP contribution in [0.2, 0.25) is 5.02 Å². The van der Waals surface area contributed by atoms with E-state index in [0.29, 0.717) is 22.1 Å². The van der Waals surface area contributed by atoms with E-state index in [1.807, 2.05) is 12.1 Å². The van der Waals surface area contributed by atoms with Gasteiger partial charge in [-0.15, -0.1) is 0 Å². The quantitative estimate of drug-likeness (QED) is 0.420. The van der Waals surface area contributed by atoms with E-state index in [1.54, 1.807) is 43.3 Å². The summed E-state index contributed by atoms with van der Waals surface area (Å²) in [6.45, 7) is 1.77. The molecule has 0 unspecified atom stereocenters. The molecular formula is C18H19ClN4O2. The van der Waals surface area contributed by atoms with Crippen molar-refractivity contribution in [2.45, 2.75) is 19.8 Å². The van der Waals surface area contributed by atoms with Gasteiger partial charge in [0, 0.05) is 18.5 Å². The highest BCUT2D eigenvalue weighted by Crippen LogP contribution is 2.20. The van der Waals surface area contributed by atoms with Crippen LogP contribution >= 0.6 is 11.6 Å². The number of halogens is 1. The van der Waals surface area contributed by atoms with Crippen molar-refractivity contribution in [1.29, 1.82) is 0 Å². The number of hydrogen-bond acceptors (Lipinski definition) is 4. The van der Waals surface area contributed by atoms with Gasteiger partial charge in [0.2, 0.25) is 11.8 Å². The number of amides is 2. The van der Waals surface area contributed by atoms with E-state index in [1.165, 1.54) is 0 Å². The molecule has 2 amide bonds. The van der Waals surface area contributed by atoms with Crippen LogP contribution in [-0.2, 0) is 9.59 Å². The van der Waals surface area contributed by atoms with Crippen LogP contribution in [0, 0.1) is 0 Å². The number of nitrogens with two attached hydrogens (primary N) is 1. The van der Waals surface area contributed by atoms with Crippen molar-refractivity contribution < 1.29 is 9.59 Å². The zero-order valence-corrected chi connectivity index (χ0v) is 14.5. The topological polar surface area (TPSA) is 96.6 Å². The van der Waals surface area contributed by atoms with Crippen molar-refractivity contribution in [3.05, 3.63) is 59.1 Å². The Kier molecular flexibility index (Phi) is 6.54. The lowest BCUT2D eigenvalue weighted by atomic mass is 10.1. The molecule has 0 saturated carbocycles. The Bertz CT molecular complexity index is 788. The van der Waals surface area contributed by atoms with Crippen molar-refractivity contribution in [2.24, 2.45) is 5.10 Å². The maximum atomic E-state index is 11.9. The van der Waals surface area contributed by atoms with Gasteiger partial charge in [-0.25, -0.2) is 5.43 Å². The van der Waals surface area contributed by atoms with E-state index in [0.717, 1.165) is 5.56 Å². The van der Waals surface area contributed by atoms with Gasteiger partial charge in [0.25, 0.3) is 0 Å². The number of carbonyl (C=O) groups excluding carboxylic acids is 2. The molecule has 0 aliphatic carbocycles. The average molecular weight is 359 g/mol. The molecule has 0 radical (unpaired) electrons. The van der Waals surface area contributed by atoms with E-state index in [9.17, 15) is 9.59 Å². The van der Waals surface area contributed by atoms with Crippen LogP contribution in [0.4, 0.5) is 11.4 Å². The molecule has 0 heterocycles. The largest absolute Gasteiger partial charge is 0.399 e. The molecule has 0 atom stereocenters. The second-order valence-electron chi connectivity index (χ2n) is 5.38. The minimum Gasteiger partial charge on any atom is -0.399 e. The number of rotatable bonds is 6. The number of nitrogen functional groups attached to an aromatic ring is 1. The first-order chi connectivity index (χ1) is 12.0. The number of carbonyl (C=O) groups is 2. The fraction of sp³-hybridized carbons (Fsp3) is 0.167. The standard InChI is InChI=1S/C18H19ClN4O2/c1-12(13-6-8-14(20)9-7-13)22-23-18(25)11-10-17(24)21-16-5-3-2-4-15(16)19/h2-9H,10-11,20H2,1H3,(H,21,24)(H,23,25). The van der Waals surface area contributed by atoms with Crippen molar-refractivity contribution in [1.82, 2.24) is 5.43 Å². The van der Waals surface area contributed by atoms with Crippen LogP contribution in [-0.4, -0.2) is 17.5 Å². The molecule has 130 valence electrons. The second kappa shape index (κ2) is 8.84. The number of hydrogen-bond donors (Lipinski definition) is 3. The van der Waals surface area contributed by atoms with Gasteiger partial charge in [0.1, 0.15) is 0 Å². The molecule has 4 N–H and O–H groups in total. The van der Waals surface area contributed by atoms with E-state index in [4.69, 9.17) is 17.3 Å². The molecule has 2 aromatic rings. The zero-order valence-electron chi connectivity index (χ0n) is 13.8. The SMILES string of the molecule is CC(=NNC(=O)CCC(=O)Nc1ccccc1Cl)c1ccc(N)cc1. The smallest absolute Gasteiger partial charge is 0.240 e. The molecule has 0 bridgehead atoms. The van der Waals surface area contributed by atoms with Crippen molar-refractivity contribution in [2.75, 3.05) is 11.1 Å². The van der Waals surface area contributed by atoms with Gasteiger partial charge in [-0.2, -0.15) is 5.10 Å². The average Bonchev–Trinajstić information content (AvgIpc) is 2.60. The van der Waals surface area contributed by atoms with Gasteiger partial charge < -0.3 is 11.1 Å². The third-order valence-electron chi connectivity index (χ3n) is 3.40. The third-order valence-corrected chi connectivity index (χ3v) is 3.73. The summed E-state index contributed by atoms with van der Waals surface area (Å²) in [5, 5.41) is 7.13. The molecule has 2 rings (SSSR count). The number of hydrazone groups is 1. The Morgan fingerprint density at radius 2 is 1.68 bits per heavy atom. The van der Waals surface area contributed by atoms with Crippen molar-refractivity contribution in [3.8, 4) is 0 Å². The second-order valence-corrected chi connectivity index (χ2v) is 5.79. The maximum absolute atomic E-state index is 11.9. The van der Waals surface area contributed by atoms with Gasteiger partial charge in [-0.3, -0.25) is 9.59 Å². The number of para-hydroxylation sites is 1. The number of benzene rings is 2. The summed E-state index contributed by atoms with van der Waals surface area (Å²) in [6, 6.07) is 14.1. The highest BCUT2D eigenvalue weighted by molar-refractivity contribution is 6.33. The predicted octanol–water partition coefficient (Wildman–Crippen LogP) is 3.18. The minimum atomic E-state index is -0.343. The Morgan fingerprint density at radius 1 is 1.04 bits per heavy atom. The zero-order chi connectivity index (χ0) is 18.2. The summed E-state index contributed by atoms with van der Waals surface area (Å²) in [7, 11) is 0. The van der Waals surface area contributed by atoms with Crippen LogP contribution in [0.3, 0.4) is 0 Å². The Labute approximate surface area is 151 Å². The lowest BCUT2D eigenvalue weighted by Gasteiger charge is -2.07. The first kappa shape index (κ1) is 18.5. The molecule has 2 aromatic carbocycles. The molecular weight excluding hydrogens is 340 g/mol. The van der Waals surface area contributed by atoms with Crippen LogP contribution in [0.5, 0.6) is 0 Å². The molecule has 0 spiro atoms. The van der Waals surface area contributed by atoms with E-state index in [2.05, 4.69) is 15.8 Å². The monoisotopic (exact) mass is 358 g/mol. The van der Waals surface area contributed by atoms with Gasteiger partial charge >= 0.3 is 0 Å². The van der Waals surface area contributed by atoms with E-state index in [-0.39, 0.29) is 24.7 Å². The van der Waals surface area contributed by atoms with E-state index >= 15 is 0 Å². The fourth-order valence-electron chi connectivity index (χ4n) is 1.99.